The predicted octanol–water partition coefficient (Wildman–Crippen LogP) is 4.10. The fraction of sp³-hybridized carbons (Fsp3) is 0.800. The third kappa shape index (κ3) is 4.27. The summed E-state index contributed by atoms with van der Waals surface area (Å²) in [7, 11) is 0. The maximum atomic E-state index is 13.4. The second-order valence-corrected chi connectivity index (χ2v) is 7.60. The molecule has 0 saturated heterocycles. The average molecular weight is 238 g/mol. The molecular formula is C10H20FSe+. The van der Waals surface area contributed by atoms with Crippen LogP contribution in [0.25, 0.3) is 0 Å². The molecule has 0 N–H and O–H groups in total. The van der Waals surface area contributed by atoms with Gasteiger partial charge >= 0.3 is 79.8 Å². The van der Waals surface area contributed by atoms with Crippen molar-refractivity contribution in [1.29, 1.82) is 0 Å². The van der Waals surface area contributed by atoms with Crippen LogP contribution in [0.5, 0.6) is 0 Å². The quantitative estimate of drug-likeness (QED) is 0.632. The molecule has 0 aromatic carbocycles. The SMILES string of the molecule is CCC/C(F)=C(/CCC)[Se+](C)C. The average Bonchev–Trinajstić information content (AvgIpc) is 1.99. The summed E-state index contributed by atoms with van der Waals surface area (Å²) in [4.78, 5) is 0. The number of hydrogen-bond acceptors (Lipinski definition) is 0. The minimum absolute atomic E-state index is 0.189. The standard InChI is InChI=1S/C10H20FSe/c1-5-7-9(11)10(8-6-2)12(3)4/h5-8H2,1-4H3/q+1/b10-9+. The summed E-state index contributed by atoms with van der Waals surface area (Å²) in [6.07, 6.45) is 3.63. The van der Waals surface area contributed by atoms with Crippen molar-refractivity contribution in [3.8, 4) is 0 Å². The summed E-state index contributed by atoms with van der Waals surface area (Å²) in [5, 5.41) is 0. The Morgan fingerprint density at radius 2 is 1.58 bits per heavy atom. The molecule has 0 aliphatic carbocycles. The molecular weight excluding hydrogens is 218 g/mol. The first-order valence-electron chi connectivity index (χ1n) is 4.58. The molecule has 0 aliphatic rings. The first kappa shape index (κ1) is 12.2. The van der Waals surface area contributed by atoms with Gasteiger partial charge in [0.2, 0.25) is 0 Å². The van der Waals surface area contributed by atoms with E-state index in [-0.39, 0.29) is 5.83 Å². The molecule has 0 atom stereocenters. The molecule has 0 rings (SSSR count). The fourth-order valence-corrected chi connectivity index (χ4v) is 3.58. The molecule has 72 valence electrons. The zero-order valence-corrected chi connectivity index (χ0v) is 10.3. The number of allylic oxidation sites excluding steroid dienone is 2. The van der Waals surface area contributed by atoms with Gasteiger partial charge in [-0.2, -0.15) is 0 Å². The van der Waals surface area contributed by atoms with E-state index in [1.807, 2.05) is 6.92 Å². The van der Waals surface area contributed by atoms with E-state index >= 15 is 0 Å². The normalized spacial score (nSPS) is 13.5. The van der Waals surface area contributed by atoms with Crippen molar-refractivity contribution in [3.63, 3.8) is 0 Å². The van der Waals surface area contributed by atoms with E-state index in [9.17, 15) is 4.39 Å². The third-order valence-corrected chi connectivity index (χ3v) is 4.70. The van der Waals surface area contributed by atoms with Crippen LogP contribution in [0.4, 0.5) is 4.39 Å². The summed E-state index contributed by atoms with van der Waals surface area (Å²) >= 11 is -0.762. The predicted molar refractivity (Wildman–Crippen MR) is 55.4 cm³/mol. The van der Waals surface area contributed by atoms with Crippen LogP contribution < -0.4 is 0 Å². The summed E-state index contributed by atoms with van der Waals surface area (Å²) in [5.74, 6) is 4.58. The van der Waals surface area contributed by atoms with Gasteiger partial charge in [-0.05, 0) is 0 Å². The Morgan fingerprint density at radius 3 is 1.92 bits per heavy atom. The first-order chi connectivity index (χ1) is 5.63. The summed E-state index contributed by atoms with van der Waals surface area (Å²) < 4.78 is 14.6. The monoisotopic (exact) mass is 239 g/mol. The Morgan fingerprint density at radius 1 is 1.08 bits per heavy atom. The second-order valence-electron chi connectivity index (χ2n) is 3.14. The van der Waals surface area contributed by atoms with Crippen LogP contribution in [-0.4, -0.2) is 13.9 Å². The van der Waals surface area contributed by atoms with Gasteiger partial charge in [-0.3, -0.25) is 0 Å². The van der Waals surface area contributed by atoms with Crippen molar-refractivity contribution in [2.45, 2.75) is 51.2 Å². The van der Waals surface area contributed by atoms with E-state index in [2.05, 4.69) is 18.6 Å². The van der Waals surface area contributed by atoms with E-state index < -0.39 is 13.9 Å². The zero-order chi connectivity index (χ0) is 9.56. The van der Waals surface area contributed by atoms with E-state index in [4.69, 9.17) is 0 Å². The molecule has 0 aromatic heterocycles. The van der Waals surface area contributed by atoms with Gasteiger partial charge in [-0.15, -0.1) is 0 Å². The topological polar surface area (TPSA) is 0 Å². The molecule has 0 heterocycles. The molecule has 0 bridgehead atoms. The Labute approximate surface area is 80.1 Å². The minimum atomic E-state index is -0.762. The van der Waals surface area contributed by atoms with Crippen LogP contribution in [0.2, 0.25) is 11.6 Å². The molecule has 0 spiro atoms. The van der Waals surface area contributed by atoms with Crippen molar-refractivity contribution < 1.29 is 4.39 Å². The van der Waals surface area contributed by atoms with E-state index in [0.717, 1.165) is 23.7 Å². The van der Waals surface area contributed by atoms with Gasteiger partial charge in [0, 0.05) is 0 Å². The molecule has 0 amide bonds. The summed E-state index contributed by atoms with van der Waals surface area (Å²) in [6, 6.07) is 0. The molecule has 2 heteroatoms. The Balaban J connectivity index is 4.32. The van der Waals surface area contributed by atoms with E-state index in [1.54, 1.807) is 0 Å². The Hall–Kier alpha value is 0.189. The van der Waals surface area contributed by atoms with Crippen LogP contribution >= 0.6 is 0 Å². The molecule has 0 radical (unpaired) electrons. The zero-order valence-electron chi connectivity index (χ0n) is 8.61. The van der Waals surface area contributed by atoms with Gasteiger partial charge in [0.1, 0.15) is 0 Å². The first-order valence-corrected chi connectivity index (χ1v) is 8.86. The van der Waals surface area contributed by atoms with Crippen molar-refractivity contribution in [2.75, 3.05) is 0 Å². The Bertz CT molecular complexity index is 150. The molecule has 12 heavy (non-hydrogen) atoms. The fourth-order valence-electron chi connectivity index (χ4n) is 1.15. The number of halogens is 1. The molecule has 0 fully saturated rings. The molecule has 0 nitrogen and oxygen atoms in total. The van der Waals surface area contributed by atoms with Gasteiger partial charge in [0.25, 0.3) is 0 Å². The van der Waals surface area contributed by atoms with E-state index in [0.29, 0.717) is 6.42 Å². The molecule has 0 aromatic rings. The van der Waals surface area contributed by atoms with E-state index in [1.165, 1.54) is 0 Å². The van der Waals surface area contributed by atoms with Crippen molar-refractivity contribution in [2.24, 2.45) is 0 Å². The van der Waals surface area contributed by atoms with Crippen LogP contribution in [0, 0.1) is 0 Å². The van der Waals surface area contributed by atoms with Crippen LogP contribution in [0.3, 0.4) is 0 Å². The van der Waals surface area contributed by atoms with Crippen LogP contribution in [0.1, 0.15) is 39.5 Å². The van der Waals surface area contributed by atoms with Crippen molar-refractivity contribution in [3.05, 3.63) is 10.3 Å². The van der Waals surface area contributed by atoms with Gasteiger partial charge in [-0.1, -0.05) is 0 Å². The number of hydrogen-bond donors (Lipinski definition) is 0. The van der Waals surface area contributed by atoms with Gasteiger partial charge in [-0.25, -0.2) is 0 Å². The summed E-state index contributed by atoms with van der Waals surface area (Å²) in [6.45, 7) is 4.15. The second kappa shape index (κ2) is 6.68. The van der Waals surface area contributed by atoms with Crippen molar-refractivity contribution in [1.82, 2.24) is 0 Å². The van der Waals surface area contributed by atoms with Gasteiger partial charge < -0.3 is 0 Å². The maximum absolute atomic E-state index is 13.4. The van der Waals surface area contributed by atoms with Crippen LogP contribution in [-0.2, 0) is 0 Å². The molecule has 0 saturated carbocycles. The van der Waals surface area contributed by atoms with Gasteiger partial charge in [0.15, 0.2) is 0 Å². The number of rotatable bonds is 5. The van der Waals surface area contributed by atoms with Crippen LogP contribution in [0.15, 0.2) is 10.3 Å². The van der Waals surface area contributed by atoms with Gasteiger partial charge in [0.05, 0.1) is 0 Å². The Kier molecular flexibility index (Phi) is 6.78. The third-order valence-electron chi connectivity index (χ3n) is 1.74. The molecule has 0 unspecified atom stereocenters. The van der Waals surface area contributed by atoms with Crippen molar-refractivity contribution >= 4 is 13.9 Å². The molecule has 0 aliphatic heterocycles. The summed E-state index contributed by atoms with van der Waals surface area (Å²) in [5.41, 5.74) is 0.